The topological polar surface area (TPSA) is 112 Å². The van der Waals surface area contributed by atoms with Crippen LogP contribution in [-0.2, 0) is 14.4 Å². The fourth-order valence-corrected chi connectivity index (χ4v) is 3.84. The number of carboxylic acid groups (broad SMARTS) is 3. The second-order valence-corrected chi connectivity index (χ2v) is 7.55. The predicted octanol–water partition coefficient (Wildman–Crippen LogP) is 3.92. The van der Waals surface area contributed by atoms with Crippen molar-refractivity contribution in [3.63, 3.8) is 0 Å². The molecule has 0 fully saturated rings. The SMILES string of the molecule is CC/C=C/CCCCCCCC[N+](C(C)C(=O)O)(C(C)C(=O)O)C(C)C(=O)O. The first-order chi connectivity index (χ1) is 13.1. The molecule has 0 rings (SSSR count). The van der Waals surface area contributed by atoms with E-state index in [0.717, 1.165) is 44.9 Å². The number of hydrogen-bond acceptors (Lipinski definition) is 3. The van der Waals surface area contributed by atoms with Gasteiger partial charge in [-0.25, -0.2) is 14.4 Å². The lowest BCUT2D eigenvalue weighted by Gasteiger charge is -2.47. The van der Waals surface area contributed by atoms with Gasteiger partial charge in [0.15, 0.2) is 18.1 Å². The summed E-state index contributed by atoms with van der Waals surface area (Å²) in [5.41, 5.74) is 0. The van der Waals surface area contributed by atoms with Gasteiger partial charge in [0.25, 0.3) is 0 Å². The summed E-state index contributed by atoms with van der Waals surface area (Å²) >= 11 is 0. The highest BCUT2D eigenvalue weighted by molar-refractivity contribution is 5.77. The van der Waals surface area contributed by atoms with Crippen LogP contribution < -0.4 is 0 Å². The van der Waals surface area contributed by atoms with Crippen molar-refractivity contribution >= 4 is 17.9 Å². The fourth-order valence-electron chi connectivity index (χ4n) is 3.84. The first kappa shape index (κ1) is 26.1. The Kier molecular flexibility index (Phi) is 12.4. The minimum Gasteiger partial charge on any atom is -0.477 e. The normalized spacial score (nSPS) is 17.0. The smallest absolute Gasteiger partial charge is 0.362 e. The zero-order valence-corrected chi connectivity index (χ0v) is 17.8. The number of carbonyl (C=O) groups is 3. The molecule has 0 aliphatic heterocycles. The van der Waals surface area contributed by atoms with E-state index in [4.69, 9.17) is 0 Å². The van der Waals surface area contributed by atoms with E-state index in [1.54, 1.807) is 0 Å². The Bertz CT molecular complexity index is 481. The molecule has 0 radical (unpaired) electrons. The number of nitrogens with zero attached hydrogens (tertiary/aromatic N) is 1. The maximum Gasteiger partial charge on any atom is 0.362 e. The van der Waals surface area contributed by atoms with Crippen molar-refractivity contribution in [2.24, 2.45) is 0 Å². The summed E-state index contributed by atoms with van der Waals surface area (Å²) in [6.07, 6.45) is 12.2. The van der Waals surface area contributed by atoms with Gasteiger partial charge >= 0.3 is 17.9 Å². The third kappa shape index (κ3) is 7.62. The van der Waals surface area contributed by atoms with Crippen molar-refractivity contribution in [2.75, 3.05) is 6.54 Å². The lowest BCUT2D eigenvalue weighted by Crippen LogP contribution is -2.70. The molecule has 0 saturated carbocycles. The standard InChI is InChI=1S/C21H37NO6/c1-5-6-7-8-9-10-11-12-13-14-15-22(16(2)19(23)24,17(3)20(25)26)18(4)21(27)28/h6-7,16-18H,5,8-15H2,1-4H3,(H2-,23,24,25,26,27,28)/p+1/b7-6+. The van der Waals surface area contributed by atoms with Gasteiger partial charge in [0.1, 0.15) is 0 Å². The molecule has 7 nitrogen and oxygen atoms in total. The van der Waals surface area contributed by atoms with E-state index in [-0.39, 0.29) is 6.54 Å². The molecule has 7 heteroatoms. The largest absolute Gasteiger partial charge is 0.477 e. The van der Waals surface area contributed by atoms with Crippen molar-refractivity contribution in [2.45, 2.75) is 97.2 Å². The molecule has 0 aliphatic rings. The molecular weight excluding hydrogens is 362 g/mol. The van der Waals surface area contributed by atoms with E-state index < -0.39 is 40.5 Å². The molecule has 0 aromatic heterocycles. The molecule has 0 aromatic rings. The van der Waals surface area contributed by atoms with Crippen molar-refractivity contribution in [3.8, 4) is 0 Å². The zero-order chi connectivity index (χ0) is 21.7. The maximum absolute atomic E-state index is 11.7. The summed E-state index contributed by atoms with van der Waals surface area (Å²) < 4.78 is -0.484. The van der Waals surface area contributed by atoms with Crippen LogP contribution in [0.1, 0.15) is 79.1 Å². The van der Waals surface area contributed by atoms with Crippen molar-refractivity contribution < 1.29 is 34.2 Å². The van der Waals surface area contributed by atoms with Gasteiger partial charge in [-0.05, 0) is 52.9 Å². The van der Waals surface area contributed by atoms with Gasteiger partial charge < -0.3 is 15.3 Å². The number of rotatable bonds is 16. The van der Waals surface area contributed by atoms with Crippen LogP contribution in [0.3, 0.4) is 0 Å². The number of unbranched alkanes of at least 4 members (excludes halogenated alkanes) is 6. The van der Waals surface area contributed by atoms with Gasteiger partial charge in [0, 0.05) is 0 Å². The third-order valence-electron chi connectivity index (χ3n) is 5.80. The van der Waals surface area contributed by atoms with Crippen molar-refractivity contribution in [3.05, 3.63) is 12.2 Å². The van der Waals surface area contributed by atoms with Gasteiger partial charge in [-0.15, -0.1) is 0 Å². The fraction of sp³-hybridized carbons (Fsp3) is 0.762. The molecule has 3 unspecified atom stereocenters. The van der Waals surface area contributed by atoms with Crippen LogP contribution in [0.15, 0.2) is 12.2 Å². The summed E-state index contributed by atoms with van der Waals surface area (Å²) in [5.74, 6) is -3.54. The summed E-state index contributed by atoms with van der Waals surface area (Å²) in [5, 5.41) is 28.6. The maximum atomic E-state index is 11.7. The number of allylic oxidation sites excluding steroid dienone is 2. The molecule has 0 saturated heterocycles. The molecule has 0 aliphatic carbocycles. The Morgan fingerprint density at radius 2 is 1.11 bits per heavy atom. The lowest BCUT2D eigenvalue weighted by atomic mass is 10.00. The van der Waals surface area contributed by atoms with E-state index in [0.29, 0.717) is 6.42 Å². The molecule has 28 heavy (non-hydrogen) atoms. The van der Waals surface area contributed by atoms with E-state index in [1.807, 2.05) is 0 Å². The first-order valence-corrected chi connectivity index (χ1v) is 10.3. The van der Waals surface area contributed by atoms with Crippen LogP contribution in [-0.4, -0.2) is 62.4 Å². The monoisotopic (exact) mass is 400 g/mol. The number of quaternary nitrogens is 1. The highest BCUT2D eigenvalue weighted by Crippen LogP contribution is 2.27. The Morgan fingerprint density at radius 1 is 0.714 bits per heavy atom. The van der Waals surface area contributed by atoms with E-state index in [1.165, 1.54) is 20.8 Å². The highest BCUT2D eigenvalue weighted by atomic mass is 16.4. The Labute approximate surface area is 168 Å². The summed E-state index contributed by atoms with van der Waals surface area (Å²) in [4.78, 5) is 35.0. The van der Waals surface area contributed by atoms with E-state index in [2.05, 4.69) is 19.1 Å². The Morgan fingerprint density at radius 3 is 1.50 bits per heavy atom. The minimum absolute atomic E-state index is 0.216. The molecule has 0 heterocycles. The van der Waals surface area contributed by atoms with Gasteiger partial charge in [0.2, 0.25) is 0 Å². The number of carboxylic acids is 3. The quantitative estimate of drug-likeness (QED) is 0.206. The lowest BCUT2D eigenvalue weighted by molar-refractivity contribution is -0.968. The molecule has 3 N–H and O–H groups in total. The summed E-state index contributed by atoms with van der Waals surface area (Å²) in [6.45, 7) is 6.55. The van der Waals surface area contributed by atoms with Gasteiger partial charge in [-0.2, -0.15) is 0 Å². The van der Waals surface area contributed by atoms with Crippen molar-refractivity contribution in [1.82, 2.24) is 0 Å². The molecule has 0 spiro atoms. The molecule has 162 valence electrons. The number of hydrogen-bond donors (Lipinski definition) is 3. The van der Waals surface area contributed by atoms with Crippen LogP contribution in [0.5, 0.6) is 0 Å². The van der Waals surface area contributed by atoms with E-state index >= 15 is 0 Å². The molecule has 3 atom stereocenters. The van der Waals surface area contributed by atoms with Crippen LogP contribution in [0.4, 0.5) is 0 Å². The second kappa shape index (κ2) is 13.3. The highest BCUT2D eigenvalue weighted by Gasteiger charge is 2.52. The zero-order valence-electron chi connectivity index (χ0n) is 17.8. The predicted molar refractivity (Wildman–Crippen MR) is 108 cm³/mol. The van der Waals surface area contributed by atoms with Gasteiger partial charge in [-0.3, -0.25) is 4.48 Å². The second-order valence-electron chi connectivity index (χ2n) is 7.55. The van der Waals surface area contributed by atoms with Gasteiger partial charge in [0.05, 0.1) is 6.54 Å². The molecule has 0 aromatic carbocycles. The van der Waals surface area contributed by atoms with Crippen molar-refractivity contribution in [1.29, 1.82) is 0 Å². The first-order valence-electron chi connectivity index (χ1n) is 10.3. The van der Waals surface area contributed by atoms with Crippen LogP contribution in [0.2, 0.25) is 0 Å². The van der Waals surface area contributed by atoms with Gasteiger partial charge in [-0.1, -0.05) is 38.3 Å². The summed E-state index contributed by atoms with van der Waals surface area (Å²) in [6, 6.07) is -3.37. The minimum atomic E-state index is -1.18. The Hall–Kier alpha value is -1.89. The van der Waals surface area contributed by atoms with Crippen LogP contribution in [0.25, 0.3) is 0 Å². The average Bonchev–Trinajstić information content (AvgIpc) is 2.64. The van der Waals surface area contributed by atoms with E-state index in [9.17, 15) is 29.7 Å². The average molecular weight is 401 g/mol. The third-order valence-corrected chi connectivity index (χ3v) is 5.80. The number of aliphatic carboxylic acids is 3. The molecule has 0 amide bonds. The summed E-state index contributed by atoms with van der Waals surface area (Å²) in [7, 11) is 0. The van der Waals surface area contributed by atoms with Crippen LogP contribution in [0, 0.1) is 0 Å². The Balaban J connectivity index is 4.95. The van der Waals surface area contributed by atoms with Crippen LogP contribution >= 0.6 is 0 Å². The molecule has 0 bridgehead atoms. The molecular formula is C21H38NO6+.